The zero-order valence-corrected chi connectivity index (χ0v) is 14.7. The van der Waals surface area contributed by atoms with Gasteiger partial charge in [-0.05, 0) is 61.9 Å². The van der Waals surface area contributed by atoms with Gasteiger partial charge in [0.05, 0.1) is 5.71 Å². The van der Waals surface area contributed by atoms with Gasteiger partial charge in [-0.3, -0.25) is 9.98 Å². The van der Waals surface area contributed by atoms with Crippen molar-refractivity contribution in [1.82, 2.24) is 4.98 Å². The highest BCUT2D eigenvalue weighted by Crippen LogP contribution is 2.64. The molecule has 126 valence electrons. The average Bonchev–Trinajstić information content (AvgIpc) is 3.02. The molecule has 1 unspecified atom stereocenters. The molecule has 1 aromatic carbocycles. The van der Waals surface area contributed by atoms with E-state index in [9.17, 15) is 0 Å². The number of hydrogen-bond donors (Lipinski definition) is 1. The maximum absolute atomic E-state index is 6.17. The molecule has 1 atom stereocenters. The van der Waals surface area contributed by atoms with Crippen LogP contribution in [0.5, 0.6) is 0 Å². The molecule has 1 aliphatic heterocycles. The number of pyridine rings is 1. The predicted octanol–water partition coefficient (Wildman–Crippen LogP) is 3.77. The van der Waals surface area contributed by atoms with E-state index in [4.69, 9.17) is 15.7 Å². The van der Waals surface area contributed by atoms with E-state index in [1.165, 1.54) is 41.5 Å². The van der Waals surface area contributed by atoms with E-state index in [1.54, 1.807) is 0 Å². The minimum Gasteiger partial charge on any atom is -0.382 e. The molecule has 25 heavy (non-hydrogen) atoms. The molecule has 2 N–H and O–H groups in total. The summed E-state index contributed by atoms with van der Waals surface area (Å²) < 4.78 is 0. The van der Waals surface area contributed by atoms with Crippen LogP contribution < -0.4 is 5.73 Å². The topological polar surface area (TPSA) is 63.6 Å². The second-order valence-corrected chi connectivity index (χ2v) is 7.80. The molecular weight excluding hydrogens is 308 g/mol. The van der Waals surface area contributed by atoms with E-state index in [2.05, 4.69) is 36.2 Å². The fourth-order valence-electron chi connectivity index (χ4n) is 4.79. The Kier molecular flexibility index (Phi) is 2.83. The molecule has 4 nitrogen and oxygen atoms in total. The number of hydrogen-bond acceptors (Lipinski definition) is 4. The molecule has 4 heteroatoms. The Balaban J connectivity index is 1.71. The lowest BCUT2D eigenvalue weighted by Gasteiger charge is -2.47. The number of amidine groups is 1. The molecule has 1 fully saturated rings. The standard InChI is InChI=1S/C21H22N4/c1-13-8-17(12-23-11-13)15-4-5-16-10-20(6-3-7-20)21(18(16)9-15)24-14(2)19(22)25-21/h4-5,8-9,11-12H,3,6-7,10H2,1-2H3,(H2,22,25). The number of nitrogens with two attached hydrogens (primary N) is 1. The summed E-state index contributed by atoms with van der Waals surface area (Å²) in [4.78, 5) is 14.3. The maximum atomic E-state index is 6.17. The smallest absolute Gasteiger partial charge is 0.184 e. The molecule has 5 rings (SSSR count). The predicted molar refractivity (Wildman–Crippen MR) is 101 cm³/mol. The van der Waals surface area contributed by atoms with Crippen molar-refractivity contribution in [1.29, 1.82) is 0 Å². The number of aromatic nitrogens is 1. The lowest BCUT2D eigenvalue weighted by atomic mass is 9.61. The second kappa shape index (κ2) is 4.78. The highest BCUT2D eigenvalue weighted by Gasteiger charge is 2.62. The first-order chi connectivity index (χ1) is 12.0. The van der Waals surface area contributed by atoms with Crippen LogP contribution in [0.4, 0.5) is 0 Å². The third-order valence-electron chi connectivity index (χ3n) is 6.26. The Hall–Kier alpha value is -2.49. The van der Waals surface area contributed by atoms with Crippen molar-refractivity contribution in [2.75, 3.05) is 0 Å². The van der Waals surface area contributed by atoms with Crippen molar-refractivity contribution in [3.05, 3.63) is 53.3 Å². The molecule has 1 aromatic heterocycles. The van der Waals surface area contributed by atoms with Gasteiger partial charge in [-0.2, -0.15) is 0 Å². The second-order valence-electron chi connectivity index (χ2n) is 7.80. The number of fused-ring (bicyclic) bond motifs is 3. The Bertz CT molecular complexity index is 932. The van der Waals surface area contributed by atoms with E-state index in [-0.39, 0.29) is 5.41 Å². The zero-order valence-electron chi connectivity index (χ0n) is 14.7. The fraction of sp³-hybridized carbons (Fsp3) is 0.381. The van der Waals surface area contributed by atoms with Crippen LogP contribution in [0.15, 0.2) is 46.6 Å². The molecule has 0 saturated heterocycles. The highest BCUT2D eigenvalue weighted by molar-refractivity contribution is 6.41. The average molecular weight is 330 g/mol. The van der Waals surface area contributed by atoms with Crippen molar-refractivity contribution in [2.24, 2.45) is 21.1 Å². The first-order valence-corrected chi connectivity index (χ1v) is 9.01. The lowest BCUT2D eigenvalue weighted by Crippen LogP contribution is -2.44. The lowest BCUT2D eigenvalue weighted by molar-refractivity contribution is 0.0475. The summed E-state index contributed by atoms with van der Waals surface area (Å²) in [6, 6.07) is 8.92. The first-order valence-electron chi connectivity index (χ1n) is 9.01. The Morgan fingerprint density at radius 1 is 1.00 bits per heavy atom. The molecule has 2 spiro atoms. The third kappa shape index (κ3) is 1.85. The molecular formula is C21H22N4. The first kappa shape index (κ1) is 14.8. The summed E-state index contributed by atoms with van der Waals surface area (Å²) in [6.45, 7) is 4.05. The van der Waals surface area contributed by atoms with Crippen LogP contribution in [0.1, 0.15) is 42.9 Å². The summed E-state index contributed by atoms with van der Waals surface area (Å²) in [6.07, 6.45) is 8.48. The molecule has 2 heterocycles. The quantitative estimate of drug-likeness (QED) is 0.865. The van der Waals surface area contributed by atoms with Crippen LogP contribution in [0.25, 0.3) is 11.1 Å². The van der Waals surface area contributed by atoms with Gasteiger partial charge < -0.3 is 5.73 Å². The van der Waals surface area contributed by atoms with Crippen molar-refractivity contribution >= 4 is 11.5 Å². The zero-order chi connectivity index (χ0) is 17.2. The van der Waals surface area contributed by atoms with Crippen LogP contribution in [0.3, 0.4) is 0 Å². The van der Waals surface area contributed by atoms with Crippen molar-refractivity contribution in [2.45, 2.75) is 45.2 Å². The summed E-state index contributed by atoms with van der Waals surface area (Å²) in [5.74, 6) is 0.599. The Morgan fingerprint density at radius 3 is 2.48 bits per heavy atom. The van der Waals surface area contributed by atoms with Gasteiger partial charge in [0.25, 0.3) is 0 Å². The van der Waals surface area contributed by atoms with Gasteiger partial charge in [0, 0.05) is 28.9 Å². The monoisotopic (exact) mass is 330 g/mol. The van der Waals surface area contributed by atoms with Gasteiger partial charge in [0.2, 0.25) is 0 Å². The number of rotatable bonds is 1. The minimum atomic E-state index is -0.498. The van der Waals surface area contributed by atoms with Gasteiger partial charge in [-0.15, -0.1) is 0 Å². The van der Waals surface area contributed by atoms with Gasteiger partial charge in [-0.25, -0.2) is 4.99 Å². The third-order valence-corrected chi connectivity index (χ3v) is 6.26. The van der Waals surface area contributed by atoms with Gasteiger partial charge in [-0.1, -0.05) is 18.6 Å². The molecule has 2 aliphatic carbocycles. The van der Waals surface area contributed by atoms with Crippen LogP contribution in [-0.2, 0) is 12.1 Å². The number of aliphatic imine (C=N–C) groups is 2. The van der Waals surface area contributed by atoms with Gasteiger partial charge >= 0.3 is 0 Å². The summed E-state index contributed by atoms with van der Waals surface area (Å²) in [5.41, 5.74) is 12.8. The van der Waals surface area contributed by atoms with Crippen molar-refractivity contribution < 1.29 is 0 Å². The van der Waals surface area contributed by atoms with E-state index in [0.717, 1.165) is 17.7 Å². The largest absolute Gasteiger partial charge is 0.382 e. The molecule has 0 bridgehead atoms. The van der Waals surface area contributed by atoms with Gasteiger partial charge in [0.1, 0.15) is 5.84 Å². The molecule has 1 saturated carbocycles. The normalized spacial score (nSPS) is 25.7. The SMILES string of the molecule is CC1=NC2(N=C1N)c1cc(-c3cncc(C)c3)ccc1CC21CCC1. The summed E-state index contributed by atoms with van der Waals surface area (Å²) in [5, 5.41) is 0. The van der Waals surface area contributed by atoms with E-state index in [0.29, 0.717) is 5.84 Å². The molecule has 2 aromatic rings. The van der Waals surface area contributed by atoms with E-state index >= 15 is 0 Å². The van der Waals surface area contributed by atoms with Crippen LogP contribution in [-0.4, -0.2) is 16.5 Å². The Labute approximate surface area is 147 Å². The Morgan fingerprint density at radius 2 is 1.84 bits per heavy atom. The van der Waals surface area contributed by atoms with Crippen molar-refractivity contribution in [3.63, 3.8) is 0 Å². The van der Waals surface area contributed by atoms with Crippen LogP contribution >= 0.6 is 0 Å². The summed E-state index contributed by atoms with van der Waals surface area (Å²) >= 11 is 0. The number of nitrogens with zero attached hydrogens (tertiary/aromatic N) is 3. The molecule has 0 radical (unpaired) electrons. The molecule has 0 amide bonds. The van der Waals surface area contributed by atoms with Crippen LogP contribution in [0, 0.1) is 12.3 Å². The highest BCUT2D eigenvalue weighted by atomic mass is 15.2. The minimum absolute atomic E-state index is 0.126. The van der Waals surface area contributed by atoms with E-state index < -0.39 is 5.66 Å². The summed E-state index contributed by atoms with van der Waals surface area (Å²) in [7, 11) is 0. The number of aryl methyl sites for hydroxylation is 1. The van der Waals surface area contributed by atoms with E-state index in [1.807, 2.05) is 19.3 Å². The maximum Gasteiger partial charge on any atom is 0.184 e. The molecule has 3 aliphatic rings. The fourth-order valence-corrected chi connectivity index (χ4v) is 4.79. The van der Waals surface area contributed by atoms with Crippen molar-refractivity contribution in [3.8, 4) is 11.1 Å². The number of benzene rings is 1. The van der Waals surface area contributed by atoms with Gasteiger partial charge in [0.15, 0.2) is 5.66 Å². The van der Waals surface area contributed by atoms with Crippen LogP contribution in [0.2, 0.25) is 0 Å².